The molecule has 0 radical (unpaired) electrons. The van der Waals surface area contributed by atoms with Gasteiger partial charge in [-0.15, -0.1) is 0 Å². The fraction of sp³-hybridized carbons (Fsp3) is 0.214. The monoisotopic (exact) mass is 258 g/mol. The zero-order chi connectivity index (χ0) is 13.7. The van der Waals surface area contributed by atoms with E-state index in [-0.39, 0.29) is 11.7 Å². The van der Waals surface area contributed by atoms with E-state index in [0.717, 1.165) is 5.56 Å². The first kappa shape index (κ1) is 13.0. The van der Waals surface area contributed by atoms with Crippen molar-refractivity contribution in [3.63, 3.8) is 0 Å². The van der Waals surface area contributed by atoms with E-state index in [4.69, 9.17) is 4.42 Å². The van der Waals surface area contributed by atoms with Crippen LogP contribution in [0.2, 0.25) is 0 Å². The van der Waals surface area contributed by atoms with Gasteiger partial charge in [-0.25, -0.2) is 4.98 Å². The van der Waals surface area contributed by atoms with Crippen molar-refractivity contribution in [2.75, 3.05) is 0 Å². The standard InChI is InChI=1S/C14H14N2O3/c1-2-11(15-9-17)13(18)14-16-12(8-19-14)10-6-4-3-5-7-10/h3-9,11H,2H2,1H3,(H,15,17)/t11-/m0/s1. The van der Waals surface area contributed by atoms with Crippen molar-refractivity contribution < 1.29 is 14.0 Å². The van der Waals surface area contributed by atoms with Gasteiger partial charge in [0.15, 0.2) is 0 Å². The Morgan fingerprint density at radius 1 is 1.42 bits per heavy atom. The van der Waals surface area contributed by atoms with Gasteiger partial charge in [0.05, 0.1) is 6.04 Å². The molecule has 0 unspecified atom stereocenters. The molecule has 0 spiro atoms. The predicted molar refractivity (Wildman–Crippen MR) is 69.5 cm³/mol. The van der Waals surface area contributed by atoms with E-state index < -0.39 is 6.04 Å². The molecule has 1 heterocycles. The average molecular weight is 258 g/mol. The van der Waals surface area contributed by atoms with Crippen molar-refractivity contribution in [2.24, 2.45) is 0 Å². The lowest BCUT2D eigenvalue weighted by Gasteiger charge is -2.08. The van der Waals surface area contributed by atoms with Crippen LogP contribution in [0.5, 0.6) is 0 Å². The number of amides is 1. The normalized spacial score (nSPS) is 11.8. The van der Waals surface area contributed by atoms with E-state index in [1.807, 2.05) is 30.3 Å². The van der Waals surface area contributed by atoms with Crippen LogP contribution in [0.4, 0.5) is 0 Å². The molecular weight excluding hydrogens is 244 g/mol. The maximum absolute atomic E-state index is 12.0. The summed E-state index contributed by atoms with van der Waals surface area (Å²) in [4.78, 5) is 26.6. The number of aromatic nitrogens is 1. The van der Waals surface area contributed by atoms with Crippen molar-refractivity contribution in [3.8, 4) is 11.3 Å². The lowest BCUT2D eigenvalue weighted by atomic mass is 10.1. The highest BCUT2D eigenvalue weighted by Crippen LogP contribution is 2.18. The first-order valence-electron chi connectivity index (χ1n) is 6.01. The molecule has 0 bridgehead atoms. The van der Waals surface area contributed by atoms with Crippen LogP contribution >= 0.6 is 0 Å². The first-order valence-corrected chi connectivity index (χ1v) is 6.01. The van der Waals surface area contributed by atoms with Crippen molar-refractivity contribution in [3.05, 3.63) is 42.5 Å². The van der Waals surface area contributed by atoms with Crippen LogP contribution in [-0.4, -0.2) is 23.2 Å². The molecule has 1 atom stereocenters. The summed E-state index contributed by atoms with van der Waals surface area (Å²) in [5, 5.41) is 2.45. The second-order valence-electron chi connectivity index (χ2n) is 4.01. The zero-order valence-corrected chi connectivity index (χ0v) is 10.5. The van der Waals surface area contributed by atoms with Crippen molar-refractivity contribution in [1.82, 2.24) is 10.3 Å². The van der Waals surface area contributed by atoms with Crippen molar-refractivity contribution in [1.29, 1.82) is 0 Å². The molecule has 0 fully saturated rings. The smallest absolute Gasteiger partial charge is 0.265 e. The topological polar surface area (TPSA) is 72.2 Å². The van der Waals surface area contributed by atoms with Crippen molar-refractivity contribution in [2.45, 2.75) is 19.4 Å². The van der Waals surface area contributed by atoms with E-state index in [9.17, 15) is 9.59 Å². The Morgan fingerprint density at radius 2 is 2.16 bits per heavy atom. The van der Waals surface area contributed by atoms with E-state index >= 15 is 0 Å². The molecule has 1 aromatic heterocycles. The molecule has 98 valence electrons. The van der Waals surface area contributed by atoms with E-state index in [2.05, 4.69) is 10.3 Å². The summed E-state index contributed by atoms with van der Waals surface area (Å²) < 4.78 is 5.19. The van der Waals surface area contributed by atoms with Crippen LogP contribution in [0, 0.1) is 0 Å². The number of carbonyl (C=O) groups excluding carboxylic acids is 2. The minimum atomic E-state index is -0.597. The van der Waals surface area contributed by atoms with Crippen LogP contribution in [0.15, 0.2) is 41.0 Å². The molecule has 0 saturated carbocycles. The molecule has 1 amide bonds. The Hall–Kier alpha value is -2.43. The van der Waals surface area contributed by atoms with Crippen LogP contribution in [0.25, 0.3) is 11.3 Å². The number of hydrogen-bond acceptors (Lipinski definition) is 4. The van der Waals surface area contributed by atoms with E-state index in [0.29, 0.717) is 18.5 Å². The minimum absolute atomic E-state index is 0.0139. The Balaban J connectivity index is 2.21. The maximum atomic E-state index is 12.0. The Morgan fingerprint density at radius 3 is 2.79 bits per heavy atom. The van der Waals surface area contributed by atoms with Gasteiger partial charge in [-0.2, -0.15) is 0 Å². The molecule has 0 aliphatic carbocycles. The number of oxazole rings is 1. The number of nitrogens with zero attached hydrogens (tertiary/aromatic N) is 1. The van der Waals surface area contributed by atoms with Gasteiger partial charge in [-0.1, -0.05) is 37.3 Å². The van der Waals surface area contributed by atoms with Crippen LogP contribution in [-0.2, 0) is 4.79 Å². The number of Topliss-reactive ketones (excluding diaryl/α,β-unsaturated/α-hetero) is 1. The molecule has 2 aromatic rings. The summed E-state index contributed by atoms with van der Waals surface area (Å²) in [5.74, 6) is -0.308. The highest BCUT2D eigenvalue weighted by molar-refractivity contribution is 5.97. The van der Waals surface area contributed by atoms with Gasteiger partial charge in [-0.05, 0) is 6.42 Å². The fourth-order valence-electron chi connectivity index (χ4n) is 1.74. The van der Waals surface area contributed by atoms with Crippen LogP contribution in [0.1, 0.15) is 24.0 Å². The molecule has 5 heteroatoms. The molecule has 1 aromatic carbocycles. The highest BCUT2D eigenvalue weighted by Gasteiger charge is 2.22. The molecule has 0 aliphatic rings. The highest BCUT2D eigenvalue weighted by atomic mass is 16.3. The third-order valence-corrected chi connectivity index (χ3v) is 2.78. The summed E-state index contributed by atoms with van der Waals surface area (Å²) in [7, 11) is 0. The van der Waals surface area contributed by atoms with Gasteiger partial charge >= 0.3 is 0 Å². The van der Waals surface area contributed by atoms with Crippen molar-refractivity contribution >= 4 is 12.2 Å². The third-order valence-electron chi connectivity index (χ3n) is 2.78. The van der Waals surface area contributed by atoms with Gasteiger partial charge in [0.1, 0.15) is 12.0 Å². The maximum Gasteiger partial charge on any atom is 0.265 e. The number of benzene rings is 1. The van der Waals surface area contributed by atoms with Gasteiger partial charge < -0.3 is 9.73 Å². The molecule has 1 N–H and O–H groups in total. The van der Waals surface area contributed by atoms with Gasteiger partial charge in [0.25, 0.3) is 5.89 Å². The second-order valence-corrected chi connectivity index (χ2v) is 4.01. The predicted octanol–water partition coefficient (Wildman–Crippen LogP) is 2.05. The molecule has 19 heavy (non-hydrogen) atoms. The quantitative estimate of drug-likeness (QED) is 0.635. The molecular formula is C14H14N2O3. The number of ketones is 1. The van der Waals surface area contributed by atoms with Crippen LogP contribution < -0.4 is 5.32 Å². The van der Waals surface area contributed by atoms with Crippen LogP contribution in [0.3, 0.4) is 0 Å². The Kier molecular flexibility index (Phi) is 4.07. The van der Waals surface area contributed by atoms with Gasteiger partial charge in [0, 0.05) is 5.56 Å². The molecule has 0 saturated heterocycles. The summed E-state index contributed by atoms with van der Waals surface area (Å²) >= 11 is 0. The third kappa shape index (κ3) is 2.88. The molecule has 0 aliphatic heterocycles. The summed E-state index contributed by atoms with van der Waals surface area (Å²) in [6.45, 7) is 1.81. The Bertz CT molecular complexity index is 563. The minimum Gasteiger partial charge on any atom is -0.442 e. The second kappa shape index (κ2) is 5.95. The van der Waals surface area contributed by atoms with Gasteiger partial charge in [0.2, 0.25) is 12.2 Å². The van der Waals surface area contributed by atoms with E-state index in [1.165, 1.54) is 6.26 Å². The SMILES string of the molecule is CC[C@H](NC=O)C(=O)c1nc(-c2ccccc2)co1. The largest absolute Gasteiger partial charge is 0.442 e. The lowest BCUT2D eigenvalue weighted by Crippen LogP contribution is -2.35. The summed E-state index contributed by atoms with van der Waals surface area (Å²) in [6, 6.07) is 8.83. The lowest BCUT2D eigenvalue weighted by molar-refractivity contribution is -0.110. The van der Waals surface area contributed by atoms with E-state index in [1.54, 1.807) is 6.92 Å². The summed E-state index contributed by atoms with van der Waals surface area (Å²) in [5.41, 5.74) is 1.48. The average Bonchev–Trinajstić information content (AvgIpc) is 2.95. The number of hydrogen-bond donors (Lipinski definition) is 1. The number of nitrogens with one attached hydrogen (secondary N) is 1. The Labute approximate surface area is 110 Å². The molecule has 2 rings (SSSR count). The zero-order valence-electron chi connectivity index (χ0n) is 10.5. The van der Waals surface area contributed by atoms with Gasteiger partial charge in [-0.3, -0.25) is 9.59 Å². The first-order chi connectivity index (χ1) is 9.26. The molecule has 5 nitrogen and oxygen atoms in total. The number of carbonyl (C=O) groups is 2. The summed E-state index contributed by atoms with van der Waals surface area (Å²) in [6.07, 6.45) is 2.43. The number of rotatable bonds is 6. The fourth-order valence-corrected chi connectivity index (χ4v) is 1.74.